The molecule has 0 aromatic heterocycles. The van der Waals surface area contributed by atoms with Crippen molar-refractivity contribution in [2.45, 2.75) is 26.2 Å². The SMILES string of the molecule is CCCCCN(CCS(=O)(=O)N1CCNCC1)C(=O)c1ccc(F)cc1. The molecule has 2 rings (SSSR count). The van der Waals surface area contributed by atoms with Crippen LogP contribution in [0.15, 0.2) is 24.3 Å². The minimum atomic E-state index is -3.39. The molecule has 0 radical (unpaired) electrons. The molecule has 1 fully saturated rings. The van der Waals surface area contributed by atoms with Gasteiger partial charge in [0.2, 0.25) is 10.0 Å². The van der Waals surface area contributed by atoms with Crippen LogP contribution < -0.4 is 5.32 Å². The molecule has 26 heavy (non-hydrogen) atoms. The van der Waals surface area contributed by atoms with Gasteiger partial charge in [0.05, 0.1) is 5.75 Å². The van der Waals surface area contributed by atoms with E-state index in [0.29, 0.717) is 38.3 Å². The number of nitrogens with one attached hydrogen (secondary N) is 1. The number of amides is 1. The molecule has 0 saturated carbocycles. The van der Waals surface area contributed by atoms with E-state index in [0.717, 1.165) is 19.3 Å². The molecule has 1 heterocycles. The summed E-state index contributed by atoms with van der Waals surface area (Å²) in [7, 11) is -3.39. The van der Waals surface area contributed by atoms with Gasteiger partial charge >= 0.3 is 0 Å². The summed E-state index contributed by atoms with van der Waals surface area (Å²) < 4.78 is 39.6. The number of nitrogens with zero attached hydrogens (tertiary/aromatic N) is 2. The summed E-state index contributed by atoms with van der Waals surface area (Å²) in [4.78, 5) is 14.3. The Morgan fingerprint density at radius 3 is 2.42 bits per heavy atom. The lowest BCUT2D eigenvalue weighted by atomic mass is 10.1. The number of piperazine rings is 1. The van der Waals surface area contributed by atoms with Crippen LogP contribution in [0.3, 0.4) is 0 Å². The molecule has 1 aliphatic heterocycles. The molecule has 0 atom stereocenters. The van der Waals surface area contributed by atoms with E-state index >= 15 is 0 Å². The predicted molar refractivity (Wildman–Crippen MR) is 100 cm³/mol. The zero-order valence-electron chi connectivity index (χ0n) is 15.3. The molecule has 1 aromatic rings. The van der Waals surface area contributed by atoms with Crippen LogP contribution in [0.4, 0.5) is 4.39 Å². The number of rotatable bonds is 9. The van der Waals surface area contributed by atoms with E-state index in [9.17, 15) is 17.6 Å². The highest BCUT2D eigenvalue weighted by Crippen LogP contribution is 2.11. The van der Waals surface area contributed by atoms with Crippen LogP contribution in [0, 0.1) is 5.82 Å². The molecule has 1 aromatic carbocycles. The van der Waals surface area contributed by atoms with E-state index in [4.69, 9.17) is 0 Å². The van der Waals surface area contributed by atoms with E-state index in [1.54, 1.807) is 4.90 Å². The summed E-state index contributed by atoms with van der Waals surface area (Å²) in [6, 6.07) is 5.37. The molecule has 1 amide bonds. The number of halogens is 1. The van der Waals surface area contributed by atoms with Crippen LogP contribution in [-0.2, 0) is 10.0 Å². The van der Waals surface area contributed by atoms with E-state index in [-0.39, 0.29) is 18.2 Å². The molecule has 0 unspecified atom stereocenters. The van der Waals surface area contributed by atoms with Crippen molar-refractivity contribution < 1.29 is 17.6 Å². The van der Waals surface area contributed by atoms with Crippen molar-refractivity contribution in [3.8, 4) is 0 Å². The second-order valence-corrected chi connectivity index (χ2v) is 8.56. The predicted octanol–water partition coefficient (Wildman–Crippen LogP) is 1.69. The molecule has 0 spiro atoms. The Bertz CT molecular complexity index is 673. The van der Waals surface area contributed by atoms with Crippen LogP contribution >= 0.6 is 0 Å². The fourth-order valence-corrected chi connectivity index (χ4v) is 4.37. The summed E-state index contributed by atoms with van der Waals surface area (Å²) in [5.74, 6) is -0.747. The largest absolute Gasteiger partial charge is 0.338 e. The summed E-state index contributed by atoms with van der Waals surface area (Å²) >= 11 is 0. The topological polar surface area (TPSA) is 69.7 Å². The van der Waals surface area contributed by atoms with E-state index < -0.39 is 15.8 Å². The van der Waals surface area contributed by atoms with E-state index in [2.05, 4.69) is 12.2 Å². The average Bonchev–Trinajstić information content (AvgIpc) is 2.65. The first-order chi connectivity index (χ1) is 12.4. The molecule has 1 N–H and O–H groups in total. The van der Waals surface area contributed by atoms with E-state index in [1.165, 1.54) is 28.6 Å². The Kier molecular flexibility index (Phi) is 7.99. The summed E-state index contributed by atoms with van der Waals surface area (Å²) in [6.45, 7) is 4.93. The van der Waals surface area contributed by atoms with Crippen molar-refractivity contribution in [3.05, 3.63) is 35.6 Å². The molecule has 0 bridgehead atoms. The third-order valence-electron chi connectivity index (χ3n) is 4.50. The van der Waals surface area contributed by atoms with Gasteiger partial charge in [0.15, 0.2) is 0 Å². The zero-order chi connectivity index (χ0) is 19.0. The summed E-state index contributed by atoms with van der Waals surface area (Å²) in [6.07, 6.45) is 2.80. The van der Waals surface area contributed by atoms with Gasteiger partial charge in [-0.05, 0) is 30.7 Å². The van der Waals surface area contributed by atoms with Gasteiger partial charge in [-0.1, -0.05) is 19.8 Å². The third kappa shape index (κ3) is 6.03. The first-order valence-electron chi connectivity index (χ1n) is 9.17. The van der Waals surface area contributed by atoms with Crippen molar-refractivity contribution in [3.63, 3.8) is 0 Å². The van der Waals surface area contributed by atoms with Crippen molar-refractivity contribution >= 4 is 15.9 Å². The highest BCUT2D eigenvalue weighted by atomic mass is 32.2. The number of hydrogen-bond acceptors (Lipinski definition) is 4. The highest BCUT2D eigenvalue weighted by molar-refractivity contribution is 7.89. The van der Waals surface area contributed by atoms with Crippen molar-refractivity contribution in [2.24, 2.45) is 0 Å². The molecule has 1 aliphatic rings. The van der Waals surface area contributed by atoms with Crippen LogP contribution in [0.25, 0.3) is 0 Å². The number of benzene rings is 1. The summed E-state index contributed by atoms with van der Waals surface area (Å²) in [5.41, 5.74) is 0.377. The quantitative estimate of drug-likeness (QED) is 0.657. The molecule has 8 heteroatoms. The second-order valence-electron chi connectivity index (χ2n) is 6.47. The first kappa shape index (κ1) is 20.8. The smallest absolute Gasteiger partial charge is 0.253 e. The molecule has 6 nitrogen and oxygen atoms in total. The Balaban J connectivity index is 2.03. The lowest BCUT2D eigenvalue weighted by molar-refractivity contribution is 0.0762. The number of sulfonamides is 1. The van der Waals surface area contributed by atoms with Gasteiger partial charge < -0.3 is 10.2 Å². The fourth-order valence-electron chi connectivity index (χ4n) is 2.92. The van der Waals surface area contributed by atoms with Gasteiger partial charge in [0, 0.05) is 44.8 Å². The first-order valence-corrected chi connectivity index (χ1v) is 10.8. The molecule has 1 saturated heterocycles. The zero-order valence-corrected chi connectivity index (χ0v) is 16.1. The number of unbranched alkanes of at least 4 members (excludes halogenated alkanes) is 2. The maximum atomic E-state index is 13.1. The number of carbonyl (C=O) groups excluding carboxylic acids is 1. The molecule has 0 aliphatic carbocycles. The minimum Gasteiger partial charge on any atom is -0.338 e. The van der Waals surface area contributed by atoms with Gasteiger partial charge in [-0.25, -0.2) is 12.8 Å². The Labute approximate surface area is 155 Å². The van der Waals surface area contributed by atoms with Crippen molar-refractivity contribution in [1.29, 1.82) is 0 Å². The third-order valence-corrected chi connectivity index (χ3v) is 6.35. The van der Waals surface area contributed by atoms with Gasteiger partial charge in [-0.15, -0.1) is 0 Å². The fraction of sp³-hybridized carbons (Fsp3) is 0.611. The van der Waals surface area contributed by atoms with Crippen LogP contribution in [0.2, 0.25) is 0 Å². The summed E-state index contributed by atoms with van der Waals surface area (Å²) in [5, 5.41) is 3.13. The Morgan fingerprint density at radius 2 is 1.81 bits per heavy atom. The van der Waals surface area contributed by atoms with Crippen molar-refractivity contribution in [2.75, 3.05) is 45.0 Å². The molecular weight excluding hydrogens is 357 g/mol. The van der Waals surface area contributed by atoms with Crippen LogP contribution in [0.5, 0.6) is 0 Å². The lowest BCUT2D eigenvalue weighted by Gasteiger charge is -2.28. The monoisotopic (exact) mass is 385 g/mol. The van der Waals surface area contributed by atoms with Crippen molar-refractivity contribution in [1.82, 2.24) is 14.5 Å². The molecular formula is C18H28FN3O3S. The van der Waals surface area contributed by atoms with Gasteiger partial charge in [-0.2, -0.15) is 4.31 Å². The second kappa shape index (κ2) is 9.99. The minimum absolute atomic E-state index is 0.0912. The van der Waals surface area contributed by atoms with Crippen LogP contribution in [-0.4, -0.2) is 68.6 Å². The normalized spacial score (nSPS) is 15.8. The Hall–Kier alpha value is -1.51. The van der Waals surface area contributed by atoms with E-state index in [1.807, 2.05) is 0 Å². The lowest BCUT2D eigenvalue weighted by Crippen LogP contribution is -2.48. The van der Waals surface area contributed by atoms with Crippen LogP contribution in [0.1, 0.15) is 36.5 Å². The standard InChI is InChI=1S/C18H28FN3O3S/c1-2-3-4-11-21(18(23)16-5-7-17(19)8-6-16)14-15-26(24,25)22-12-9-20-10-13-22/h5-8,20H,2-4,9-15H2,1H3. The highest BCUT2D eigenvalue weighted by Gasteiger charge is 2.25. The number of hydrogen-bond donors (Lipinski definition) is 1. The van der Waals surface area contributed by atoms with Gasteiger partial charge in [0.1, 0.15) is 5.82 Å². The maximum Gasteiger partial charge on any atom is 0.253 e. The number of carbonyl (C=O) groups is 1. The average molecular weight is 386 g/mol. The maximum absolute atomic E-state index is 13.1. The Morgan fingerprint density at radius 1 is 1.15 bits per heavy atom. The van der Waals surface area contributed by atoms with Gasteiger partial charge in [-0.3, -0.25) is 4.79 Å². The molecule has 146 valence electrons. The van der Waals surface area contributed by atoms with Gasteiger partial charge in [0.25, 0.3) is 5.91 Å².